The van der Waals surface area contributed by atoms with Gasteiger partial charge in [0, 0.05) is 13.0 Å². The first kappa shape index (κ1) is 7.40. The third-order valence-electron chi connectivity index (χ3n) is 0.903. The van der Waals surface area contributed by atoms with Crippen molar-refractivity contribution in [3.8, 4) is 0 Å². The SMILES string of the molecule is CF.O=C1CCCN1. The van der Waals surface area contributed by atoms with E-state index < -0.39 is 0 Å². The molecule has 0 aromatic carbocycles. The number of carbonyl (C=O) groups is 1. The lowest BCUT2D eigenvalue weighted by Gasteiger charge is -1.80. The highest BCUT2D eigenvalue weighted by molar-refractivity contribution is 5.77. The summed E-state index contributed by atoms with van der Waals surface area (Å²) in [6.07, 6.45) is 1.76. The van der Waals surface area contributed by atoms with Gasteiger partial charge in [-0.05, 0) is 6.42 Å². The van der Waals surface area contributed by atoms with Crippen LogP contribution < -0.4 is 5.32 Å². The van der Waals surface area contributed by atoms with Crippen LogP contribution >= 0.6 is 0 Å². The first-order valence-corrected chi connectivity index (χ1v) is 2.54. The van der Waals surface area contributed by atoms with Crippen LogP contribution in [0.5, 0.6) is 0 Å². The molecule has 1 aliphatic heterocycles. The lowest BCUT2D eigenvalue weighted by atomic mass is 10.4. The van der Waals surface area contributed by atoms with E-state index in [1.165, 1.54) is 0 Å². The maximum Gasteiger partial charge on any atom is 0.220 e. The summed E-state index contributed by atoms with van der Waals surface area (Å²) >= 11 is 0. The van der Waals surface area contributed by atoms with Gasteiger partial charge in [-0.3, -0.25) is 9.18 Å². The van der Waals surface area contributed by atoms with Gasteiger partial charge in [0.05, 0.1) is 7.18 Å². The van der Waals surface area contributed by atoms with Gasteiger partial charge in [0.15, 0.2) is 0 Å². The van der Waals surface area contributed by atoms with Crippen LogP contribution in [-0.4, -0.2) is 19.6 Å². The van der Waals surface area contributed by atoms with Gasteiger partial charge in [0.25, 0.3) is 0 Å². The molecular formula is C5H10FNO. The fraction of sp³-hybridized carbons (Fsp3) is 0.800. The van der Waals surface area contributed by atoms with E-state index in [0.717, 1.165) is 19.4 Å². The minimum atomic E-state index is 0.204. The fourth-order valence-corrected chi connectivity index (χ4v) is 0.565. The molecule has 1 saturated heterocycles. The lowest BCUT2D eigenvalue weighted by Crippen LogP contribution is -2.12. The normalized spacial score (nSPS) is 16.5. The summed E-state index contributed by atoms with van der Waals surface area (Å²) in [5.41, 5.74) is 0. The fourth-order valence-electron chi connectivity index (χ4n) is 0.565. The number of hydrogen-bond acceptors (Lipinski definition) is 1. The number of nitrogens with one attached hydrogen (secondary N) is 1. The maximum absolute atomic E-state index is 10.1. The summed E-state index contributed by atoms with van der Waals surface area (Å²) in [6.45, 7) is 0.888. The Balaban J connectivity index is 0.000000222. The standard InChI is InChI=1S/C4H7NO.CH3F/c6-4-2-1-3-5-4;1-2/h1-3H2,(H,5,6);1H3. The Morgan fingerprint density at radius 2 is 2.25 bits per heavy atom. The molecule has 1 amide bonds. The molecule has 0 spiro atoms. The Labute approximate surface area is 48.1 Å². The number of rotatable bonds is 0. The zero-order valence-electron chi connectivity index (χ0n) is 4.91. The molecule has 3 heteroatoms. The molecule has 1 heterocycles. The number of hydrogen-bond donors (Lipinski definition) is 1. The van der Waals surface area contributed by atoms with Crippen molar-refractivity contribution < 1.29 is 9.18 Å². The van der Waals surface area contributed by atoms with Crippen molar-refractivity contribution in [2.45, 2.75) is 12.8 Å². The van der Waals surface area contributed by atoms with Crippen molar-refractivity contribution in [1.29, 1.82) is 0 Å². The molecular weight excluding hydrogens is 109 g/mol. The predicted octanol–water partition coefficient (Wildman–Crippen LogP) is 0.482. The topological polar surface area (TPSA) is 29.1 Å². The minimum Gasteiger partial charge on any atom is -0.356 e. The van der Waals surface area contributed by atoms with Crippen LogP contribution in [0.15, 0.2) is 0 Å². The van der Waals surface area contributed by atoms with Gasteiger partial charge < -0.3 is 5.32 Å². The van der Waals surface area contributed by atoms with Crippen molar-refractivity contribution in [2.75, 3.05) is 13.7 Å². The highest BCUT2D eigenvalue weighted by Gasteiger charge is 2.05. The van der Waals surface area contributed by atoms with E-state index in [1.807, 2.05) is 0 Å². The molecule has 0 aromatic heterocycles. The number of halogens is 1. The summed E-state index contributed by atoms with van der Waals surface area (Å²) in [4.78, 5) is 10.1. The molecule has 0 saturated carbocycles. The highest BCUT2D eigenvalue weighted by Crippen LogP contribution is 1.93. The van der Waals surface area contributed by atoms with Crippen molar-refractivity contribution in [3.05, 3.63) is 0 Å². The smallest absolute Gasteiger partial charge is 0.220 e. The van der Waals surface area contributed by atoms with Gasteiger partial charge in [-0.2, -0.15) is 0 Å². The average Bonchev–Trinajstić information content (AvgIpc) is 2.24. The Morgan fingerprint density at radius 1 is 1.62 bits per heavy atom. The van der Waals surface area contributed by atoms with Crippen LogP contribution in [0, 0.1) is 0 Å². The van der Waals surface area contributed by atoms with E-state index >= 15 is 0 Å². The van der Waals surface area contributed by atoms with Gasteiger partial charge >= 0.3 is 0 Å². The zero-order chi connectivity index (χ0) is 6.41. The summed E-state index contributed by atoms with van der Waals surface area (Å²) < 4.78 is 9.50. The molecule has 8 heavy (non-hydrogen) atoms. The minimum absolute atomic E-state index is 0.204. The monoisotopic (exact) mass is 119 g/mol. The maximum atomic E-state index is 10.1. The third-order valence-corrected chi connectivity index (χ3v) is 0.903. The highest BCUT2D eigenvalue weighted by atomic mass is 19.1. The van der Waals surface area contributed by atoms with Crippen LogP contribution in [-0.2, 0) is 4.79 Å². The van der Waals surface area contributed by atoms with Crippen LogP contribution in [0.3, 0.4) is 0 Å². The molecule has 0 aromatic rings. The van der Waals surface area contributed by atoms with E-state index in [2.05, 4.69) is 5.32 Å². The number of amides is 1. The van der Waals surface area contributed by atoms with E-state index in [4.69, 9.17) is 0 Å². The Kier molecular flexibility index (Phi) is 4.21. The molecule has 1 aliphatic rings. The third kappa shape index (κ3) is 2.55. The second-order valence-corrected chi connectivity index (χ2v) is 1.45. The molecule has 48 valence electrons. The molecule has 1 N–H and O–H groups in total. The summed E-state index contributed by atoms with van der Waals surface area (Å²) in [5, 5.41) is 2.68. The van der Waals surface area contributed by atoms with Crippen LogP contribution in [0.25, 0.3) is 0 Å². The lowest BCUT2D eigenvalue weighted by molar-refractivity contribution is -0.119. The quantitative estimate of drug-likeness (QED) is 0.493. The van der Waals surface area contributed by atoms with Gasteiger partial charge in [0.1, 0.15) is 0 Å². The van der Waals surface area contributed by atoms with Crippen LogP contribution in [0.1, 0.15) is 12.8 Å². The van der Waals surface area contributed by atoms with E-state index in [0.29, 0.717) is 7.18 Å². The number of carbonyl (C=O) groups excluding carboxylic acids is 1. The van der Waals surface area contributed by atoms with Gasteiger partial charge in [-0.25, -0.2) is 0 Å². The first-order chi connectivity index (χ1) is 3.89. The van der Waals surface area contributed by atoms with E-state index in [9.17, 15) is 9.18 Å². The van der Waals surface area contributed by atoms with E-state index in [-0.39, 0.29) is 5.91 Å². The second kappa shape index (κ2) is 4.56. The molecule has 1 fully saturated rings. The largest absolute Gasteiger partial charge is 0.356 e. The Bertz CT molecular complexity index is 66.8. The van der Waals surface area contributed by atoms with Gasteiger partial charge in [-0.1, -0.05) is 0 Å². The van der Waals surface area contributed by atoms with Gasteiger partial charge in [-0.15, -0.1) is 0 Å². The molecule has 2 nitrogen and oxygen atoms in total. The van der Waals surface area contributed by atoms with Crippen LogP contribution in [0.4, 0.5) is 4.39 Å². The second-order valence-electron chi connectivity index (χ2n) is 1.45. The Morgan fingerprint density at radius 3 is 2.38 bits per heavy atom. The molecule has 0 atom stereocenters. The molecule has 0 aliphatic carbocycles. The molecule has 0 unspecified atom stereocenters. The predicted molar refractivity (Wildman–Crippen MR) is 29.3 cm³/mol. The first-order valence-electron chi connectivity index (χ1n) is 2.54. The van der Waals surface area contributed by atoms with Crippen LogP contribution in [0.2, 0.25) is 0 Å². The van der Waals surface area contributed by atoms with Crippen molar-refractivity contribution in [3.63, 3.8) is 0 Å². The summed E-state index contributed by atoms with van der Waals surface area (Å²) in [7, 11) is 0.500. The summed E-state index contributed by atoms with van der Waals surface area (Å²) in [5.74, 6) is 0.204. The van der Waals surface area contributed by atoms with Gasteiger partial charge in [0.2, 0.25) is 5.91 Å². The summed E-state index contributed by atoms with van der Waals surface area (Å²) in [6, 6.07) is 0. The molecule has 0 bridgehead atoms. The van der Waals surface area contributed by atoms with Crippen molar-refractivity contribution in [2.24, 2.45) is 0 Å². The molecule has 1 rings (SSSR count). The Hall–Kier alpha value is -0.600. The molecule has 0 radical (unpaired) electrons. The zero-order valence-corrected chi connectivity index (χ0v) is 4.91. The van der Waals surface area contributed by atoms with Crippen molar-refractivity contribution >= 4 is 5.91 Å². The van der Waals surface area contributed by atoms with Crippen molar-refractivity contribution in [1.82, 2.24) is 5.32 Å². The number of alkyl halides is 1. The average molecular weight is 119 g/mol. The van der Waals surface area contributed by atoms with E-state index in [1.54, 1.807) is 0 Å².